The third kappa shape index (κ3) is 3.52. The molecule has 2 heterocycles. The minimum absolute atomic E-state index is 0.0702. The largest absolute Gasteiger partial charge is 0.391 e. The van der Waals surface area contributed by atoms with E-state index in [1.54, 1.807) is 0 Å². The van der Waals surface area contributed by atoms with Crippen LogP contribution in [0.5, 0.6) is 0 Å². The maximum Gasteiger partial charge on any atom is 0.234 e. The van der Waals surface area contributed by atoms with Gasteiger partial charge in [-0.2, -0.15) is 0 Å². The Balaban J connectivity index is 1.13. The first-order valence-electron chi connectivity index (χ1n) is 11.7. The first kappa shape index (κ1) is 19.3. The van der Waals surface area contributed by atoms with Gasteiger partial charge in [-0.1, -0.05) is 20.8 Å². The second-order valence-electron chi connectivity index (χ2n) is 12.1. The second kappa shape index (κ2) is 6.68. The van der Waals surface area contributed by atoms with Crippen molar-refractivity contribution in [3.05, 3.63) is 0 Å². The summed E-state index contributed by atoms with van der Waals surface area (Å²) in [5, 5.41) is 14.0. The van der Waals surface area contributed by atoms with Crippen LogP contribution in [-0.2, 0) is 4.79 Å². The molecule has 4 aliphatic carbocycles. The third-order valence-electron chi connectivity index (χ3n) is 8.66. The Morgan fingerprint density at radius 3 is 2.04 bits per heavy atom. The SMILES string of the molecule is CC(C)(C)C(O)CN1C[C@@H]2C[C@H]1CN2CC(=O)NC12CC3CC(CC(C3)C1)C2. The van der Waals surface area contributed by atoms with Gasteiger partial charge in [-0.3, -0.25) is 14.6 Å². The van der Waals surface area contributed by atoms with Gasteiger partial charge in [-0.25, -0.2) is 0 Å². The number of amides is 1. The molecule has 0 aromatic rings. The second-order valence-corrected chi connectivity index (χ2v) is 12.1. The highest BCUT2D eigenvalue weighted by atomic mass is 16.3. The average Bonchev–Trinajstić information content (AvgIpc) is 3.11. The molecule has 1 unspecified atom stereocenters. The van der Waals surface area contributed by atoms with Gasteiger partial charge in [-0.05, 0) is 68.1 Å². The van der Waals surface area contributed by atoms with Crippen LogP contribution in [0.2, 0.25) is 0 Å². The molecular formula is C23H39N3O2. The van der Waals surface area contributed by atoms with Crippen molar-refractivity contribution in [1.82, 2.24) is 15.1 Å². The summed E-state index contributed by atoms with van der Waals surface area (Å²) in [7, 11) is 0. The van der Waals surface area contributed by atoms with Crippen molar-refractivity contribution < 1.29 is 9.90 Å². The number of hydrogen-bond donors (Lipinski definition) is 2. The van der Waals surface area contributed by atoms with E-state index in [9.17, 15) is 9.90 Å². The number of nitrogens with one attached hydrogen (secondary N) is 1. The van der Waals surface area contributed by atoms with Crippen LogP contribution >= 0.6 is 0 Å². The van der Waals surface area contributed by atoms with Gasteiger partial charge in [0.25, 0.3) is 0 Å². The van der Waals surface area contributed by atoms with Gasteiger partial charge in [-0.15, -0.1) is 0 Å². The molecule has 5 nitrogen and oxygen atoms in total. The molecule has 2 aliphatic heterocycles. The first-order chi connectivity index (χ1) is 13.2. The molecule has 6 fully saturated rings. The fraction of sp³-hybridized carbons (Fsp3) is 0.957. The van der Waals surface area contributed by atoms with E-state index in [-0.39, 0.29) is 23.0 Å². The lowest BCUT2D eigenvalue weighted by Gasteiger charge is -2.57. The van der Waals surface area contributed by atoms with Crippen LogP contribution in [0, 0.1) is 23.2 Å². The van der Waals surface area contributed by atoms with E-state index in [2.05, 4.69) is 35.9 Å². The Kier molecular flexibility index (Phi) is 4.61. The van der Waals surface area contributed by atoms with Crippen LogP contribution < -0.4 is 5.32 Å². The number of hydrogen-bond acceptors (Lipinski definition) is 4. The zero-order chi connectivity index (χ0) is 19.7. The van der Waals surface area contributed by atoms with Crippen molar-refractivity contribution in [2.24, 2.45) is 23.2 Å². The molecule has 2 saturated heterocycles. The molecule has 28 heavy (non-hydrogen) atoms. The summed E-state index contributed by atoms with van der Waals surface area (Å²) < 4.78 is 0. The smallest absolute Gasteiger partial charge is 0.234 e. The van der Waals surface area contributed by atoms with E-state index >= 15 is 0 Å². The number of β-amino-alcohol motifs (C(OH)–C–C–N with tert-alkyl or cyclic N) is 1. The zero-order valence-electron chi connectivity index (χ0n) is 18.0. The van der Waals surface area contributed by atoms with Gasteiger partial charge in [0.1, 0.15) is 0 Å². The Bertz CT molecular complexity index is 593. The minimum atomic E-state index is -0.292. The number of carbonyl (C=O) groups excluding carboxylic acids is 1. The Morgan fingerprint density at radius 2 is 1.54 bits per heavy atom. The highest BCUT2D eigenvalue weighted by Crippen LogP contribution is 2.55. The Morgan fingerprint density at radius 1 is 1.00 bits per heavy atom. The fourth-order valence-electron chi connectivity index (χ4n) is 7.53. The molecule has 6 bridgehead atoms. The zero-order valence-corrected chi connectivity index (χ0v) is 18.0. The van der Waals surface area contributed by atoms with E-state index in [4.69, 9.17) is 0 Å². The van der Waals surface area contributed by atoms with Gasteiger partial charge in [0.2, 0.25) is 5.91 Å². The van der Waals surface area contributed by atoms with Crippen LogP contribution in [0.4, 0.5) is 0 Å². The molecule has 4 saturated carbocycles. The molecule has 1 amide bonds. The van der Waals surface area contributed by atoms with Gasteiger partial charge in [0.15, 0.2) is 0 Å². The number of aliphatic hydroxyl groups excluding tert-OH is 1. The highest BCUT2D eigenvalue weighted by molar-refractivity contribution is 5.79. The summed E-state index contributed by atoms with van der Waals surface area (Å²) in [5.41, 5.74) is 0.0622. The summed E-state index contributed by atoms with van der Waals surface area (Å²) >= 11 is 0. The van der Waals surface area contributed by atoms with Crippen LogP contribution in [0.25, 0.3) is 0 Å². The van der Waals surface area contributed by atoms with Crippen LogP contribution in [0.1, 0.15) is 65.7 Å². The van der Waals surface area contributed by atoms with Crippen LogP contribution in [0.15, 0.2) is 0 Å². The number of fused-ring (bicyclic) bond motifs is 2. The maximum absolute atomic E-state index is 12.9. The summed E-state index contributed by atoms with van der Waals surface area (Å²) in [6.07, 6.45) is 8.81. The lowest BCUT2D eigenvalue weighted by atomic mass is 9.53. The van der Waals surface area contributed by atoms with Gasteiger partial charge < -0.3 is 10.4 Å². The number of nitrogens with zero attached hydrogens (tertiary/aromatic N) is 2. The van der Waals surface area contributed by atoms with Crippen molar-refractivity contribution in [3.8, 4) is 0 Å². The van der Waals surface area contributed by atoms with E-state index in [0.29, 0.717) is 18.6 Å². The minimum Gasteiger partial charge on any atom is -0.391 e. The summed E-state index contributed by atoms with van der Waals surface area (Å²) in [6.45, 7) is 9.63. The quantitative estimate of drug-likeness (QED) is 0.757. The number of carbonyl (C=O) groups is 1. The van der Waals surface area contributed by atoms with Crippen LogP contribution in [0.3, 0.4) is 0 Å². The first-order valence-corrected chi connectivity index (χ1v) is 11.7. The summed E-state index contributed by atoms with van der Waals surface area (Å²) in [6, 6.07) is 0.994. The number of likely N-dealkylation sites (tertiary alicyclic amines) is 2. The third-order valence-corrected chi connectivity index (χ3v) is 8.66. The number of rotatable bonds is 5. The summed E-state index contributed by atoms with van der Waals surface area (Å²) in [4.78, 5) is 17.8. The van der Waals surface area contributed by atoms with E-state index < -0.39 is 0 Å². The molecular weight excluding hydrogens is 350 g/mol. The molecule has 3 atom stereocenters. The maximum atomic E-state index is 12.9. The summed E-state index contributed by atoms with van der Waals surface area (Å²) in [5.74, 6) is 2.88. The van der Waals surface area contributed by atoms with Gasteiger partial charge in [0, 0.05) is 37.3 Å². The van der Waals surface area contributed by atoms with Crippen molar-refractivity contribution in [1.29, 1.82) is 0 Å². The normalized spacial score (nSPS) is 43.6. The van der Waals surface area contributed by atoms with Crippen LogP contribution in [-0.4, -0.2) is 70.7 Å². The Labute approximate surface area is 170 Å². The van der Waals surface area contributed by atoms with Gasteiger partial charge >= 0.3 is 0 Å². The molecule has 6 rings (SSSR count). The molecule has 6 aliphatic rings. The van der Waals surface area contributed by atoms with E-state index in [1.807, 2.05) is 0 Å². The fourth-order valence-corrected chi connectivity index (χ4v) is 7.53. The molecule has 0 radical (unpaired) electrons. The Hall–Kier alpha value is -0.650. The monoisotopic (exact) mass is 389 g/mol. The topological polar surface area (TPSA) is 55.8 Å². The molecule has 0 aromatic heterocycles. The van der Waals surface area contributed by atoms with Crippen molar-refractivity contribution >= 4 is 5.91 Å². The van der Waals surface area contributed by atoms with E-state index in [1.165, 1.54) is 38.5 Å². The number of aliphatic hydroxyl groups is 1. The lowest BCUT2D eigenvalue weighted by molar-refractivity contribution is -0.128. The molecule has 2 N–H and O–H groups in total. The standard InChI is InChI=1S/C23H39N3O2/c1-22(2,3)20(27)13-25-11-19-7-18(25)12-26(19)14-21(28)24-23-8-15-4-16(9-23)6-17(5-15)10-23/h15-20,27H,4-14H2,1-3H3,(H,24,28)/t15?,16?,17?,18-,19-,20?,23?/m0/s1. The highest BCUT2D eigenvalue weighted by Gasteiger charge is 2.52. The predicted molar refractivity (Wildman–Crippen MR) is 110 cm³/mol. The molecule has 0 spiro atoms. The molecule has 0 aromatic carbocycles. The predicted octanol–water partition coefficient (Wildman–Crippen LogP) is 2.24. The van der Waals surface area contributed by atoms with Crippen molar-refractivity contribution in [2.45, 2.75) is 89.4 Å². The molecule has 5 heteroatoms. The van der Waals surface area contributed by atoms with Crippen molar-refractivity contribution in [2.75, 3.05) is 26.2 Å². The van der Waals surface area contributed by atoms with Crippen molar-refractivity contribution in [3.63, 3.8) is 0 Å². The number of piperazine rings is 1. The molecule has 158 valence electrons. The van der Waals surface area contributed by atoms with Gasteiger partial charge in [0.05, 0.1) is 12.6 Å². The van der Waals surface area contributed by atoms with E-state index in [0.717, 1.165) is 43.8 Å². The average molecular weight is 390 g/mol. The lowest BCUT2D eigenvalue weighted by Crippen LogP contribution is -2.61.